The summed E-state index contributed by atoms with van der Waals surface area (Å²) in [4.78, 5) is 19.6. The molecule has 0 aliphatic carbocycles. The van der Waals surface area contributed by atoms with Gasteiger partial charge in [-0.1, -0.05) is 29.5 Å². The lowest BCUT2D eigenvalue weighted by atomic mass is 10.2. The van der Waals surface area contributed by atoms with Crippen LogP contribution in [0.1, 0.15) is 25.3 Å². The third-order valence-corrected chi connectivity index (χ3v) is 6.01. The minimum Gasteiger partial charge on any atom is -0.492 e. The quantitative estimate of drug-likeness (QED) is 0.527. The Labute approximate surface area is 180 Å². The topological polar surface area (TPSA) is 60.9 Å². The van der Waals surface area contributed by atoms with Crippen LogP contribution in [0.3, 0.4) is 0 Å². The van der Waals surface area contributed by atoms with Gasteiger partial charge in [0.2, 0.25) is 0 Å². The lowest BCUT2D eigenvalue weighted by Gasteiger charge is -2.23. The zero-order valence-corrected chi connectivity index (χ0v) is 18.1. The predicted octanol–water partition coefficient (Wildman–Crippen LogP) is 4.59. The monoisotopic (exact) mass is 426 g/mol. The predicted molar refractivity (Wildman–Crippen MR) is 119 cm³/mol. The van der Waals surface area contributed by atoms with Crippen LogP contribution in [-0.4, -0.2) is 43.4 Å². The molecule has 1 aliphatic heterocycles. The number of carbonyl (C=O) groups is 1. The van der Waals surface area contributed by atoms with E-state index in [2.05, 4.69) is 0 Å². The number of anilines is 1. The Hall–Kier alpha value is -2.64. The smallest absolute Gasteiger partial charge is 0.266 e. The summed E-state index contributed by atoms with van der Waals surface area (Å²) in [6, 6.07) is 13.5. The van der Waals surface area contributed by atoms with Gasteiger partial charge in [-0.2, -0.15) is 0 Å². The molecule has 1 amide bonds. The van der Waals surface area contributed by atoms with Crippen LogP contribution in [0.2, 0.25) is 0 Å². The number of amides is 1. The minimum atomic E-state index is -0.135. The average Bonchev–Trinajstić information content (AvgIpc) is 3.40. The molecule has 1 unspecified atom stereocenters. The first-order chi connectivity index (χ1) is 14.6. The van der Waals surface area contributed by atoms with Crippen LogP contribution < -0.4 is 14.4 Å². The first-order valence-corrected chi connectivity index (χ1v) is 11.1. The highest BCUT2D eigenvalue weighted by Crippen LogP contribution is 2.35. The van der Waals surface area contributed by atoms with Crippen LogP contribution in [0.15, 0.2) is 42.5 Å². The molecule has 3 aromatic rings. The highest BCUT2D eigenvalue weighted by Gasteiger charge is 2.27. The molecular weight excluding hydrogens is 400 g/mol. The Morgan fingerprint density at radius 3 is 2.90 bits per heavy atom. The highest BCUT2D eigenvalue weighted by molar-refractivity contribution is 7.22. The number of benzene rings is 2. The van der Waals surface area contributed by atoms with Gasteiger partial charge in [-0.05, 0) is 56.5 Å². The van der Waals surface area contributed by atoms with Crippen LogP contribution in [0, 0.1) is 6.92 Å². The van der Waals surface area contributed by atoms with E-state index in [9.17, 15) is 4.79 Å². The second kappa shape index (κ2) is 9.45. The molecule has 6 nitrogen and oxygen atoms in total. The SMILES string of the molecule is CCOc1cccc2sc(N(CC3CCCO3)C(=O)COc3cccc(C)c3)nc12. The number of carbonyl (C=O) groups excluding carboxylic acids is 1. The molecule has 158 valence electrons. The van der Waals surface area contributed by atoms with E-state index < -0.39 is 0 Å². The molecule has 0 saturated carbocycles. The van der Waals surface area contributed by atoms with E-state index in [1.165, 1.54) is 11.3 Å². The van der Waals surface area contributed by atoms with E-state index >= 15 is 0 Å². The molecule has 0 radical (unpaired) electrons. The van der Waals surface area contributed by atoms with Crippen molar-refractivity contribution < 1.29 is 19.0 Å². The number of nitrogens with zero attached hydrogens (tertiary/aromatic N) is 2. The van der Waals surface area contributed by atoms with Crippen LogP contribution >= 0.6 is 11.3 Å². The molecule has 1 aliphatic rings. The molecule has 4 rings (SSSR count). The number of rotatable bonds is 8. The van der Waals surface area contributed by atoms with Crippen LogP contribution in [0.5, 0.6) is 11.5 Å². The van der Waals surface area contributed by atoms with Crippen molar-refractivity contribution in [3.8, 4) is 11.5 Å². The van der Waals surface area contributed by atoms with Crippen LogP contribution in [-0.2, 0) is 9.53 Å². The molecule has 0 bridgehead atoms. The fraction of sp³-hybridized carbons (Fsp3) is 0.391. The number of fused-ring (bicyclic) bond motifs is 1. The normalized spacial score (nSPS) is 16.0. The molecule has 0 spiro atoms. The number of aryl methyl sites for hydroxylation is 1. The summed E-state index contributed by atoms with van der Waals surface area (Å²) in [5.41, 5.74) is 1.87. The minimum absolute atomic E-state index is 0.0197. The first kappa shape index (κ1) is 20.6. The molecule has 1 atom stereocenters. The number of para-hydroxylation sites is 1. The molecule has 30 heavy (non-hydrogen) atoms. The molecule has 7 heteroatoms. The van der Waals surface area contributed by atoms with Gasteiger partial charge in [0.05, 0.1) is 24.0 Å². The van der Waals surface area contributed by atoms with Crippen LogP contribution in [0.4, 0.5) is 5.13 Å². The number of hydrogen-bond donors (Lipinski definition) is 0. The van der Waals surface area contributed by atoms with E-state index in [4.69, 9.17) is 19.2 Å². The fourth-order valence-electron chi connectivity index (χ4n) is 3.51. The Bertz CT molecular complexity index is 1010. The summed E-state index contributed by atoms with van der Waals surface area (Å²) >= 11 is 1.48. The molecule has 2 aromatic carbocycles. The highest BCUT2D eigenvalue weighted by atomic mass is 32.1. The maximum absolute atomic E-state index is 13.2. The lowest BCUT2D eigenvalue weighted by molar-refractivity contribution is -0.120. The Morgan fingerprint density at radius 2 is 2.13 bits per heavy atom. The number of ether oxygens (including phenoxy) is 3. The van der Waals surface area contributed by atoms with E-state index in [-0.39, 0.29) is 18.6 Å². The molecular formula is C23H26N2O4S. The second-order valence-corrected chi connectivity index (χ2v) is 8.29. The third kappa shape index (κ3) is 4.74. The van der Waals surface area contributed by atoms with Crippen molar-refractivity contribution >= 4 is 32.6 Å². The van der Waals surface area contributed by atoms with Crippen molar-refractivity contribution in [2.75, 3.05) is 31.3 Å². The average molecular weight is 427 g/mol. The second-order valence-electron chi connectivity index (χ2n) is 7.28. The van der Waals surface area contributed by atoms with Crippen molar-refractivity contribution in [3.05, 3.63) is 48.0 Å². The molecule has 2 heterocycles. The summed E-state index contributed by atoms with van der Waals surface area (Å²) < 4.78 is 18.3. The summed E-state index contributed by atoms with van der Waals surface area (Å²) in [7, 11) is 0. The van der Waals surface area contributed by atoms with Crippen molar-refractivity contribution in [2.45, 2.75) is 32.8 Å². The van der Waals surface area contributed by atoms with Crippen LogP contribution in [0.25, 0.3) is 10.2 Å². The van der Waals surface area contributed by atoms with Gasteiger partial charge in [-0.3, -0.25) is 9.69 Å². The van der Waals surface area contributed by atoms with Crippen molar-refractivity contribution in [1.29, 1.82) is 0 Å². The molecule has 1 aromatic heterocycles. The van der Waals surface area contributed by atoms with Gasteiger partial charge < -0.3 is 14.2 Å². The summed E-state index contributed by atoms with van der Waals surface area (Å²) in [5, 5.41) is 0.644. The van der Waals surface area contributed by atoms with Crippen molar-refractivity contribution in [1.82, 2.24) is 4.98 Å². The lowest BCUT2D eigenvalue weighted by Crippen LogP contribution is -2.40. The van der Waals surface area contributed by atoms with Gasteiger partial charge in [-0.25, -0.2) is 4.98 Å². The first-order valence-electron chi connectivity index (χ1n) is 10.3. The van der Waals surface area contributed by atoms with Gasteiger partial charge in [0, 0.05) is 6.61 Å². The molecule has 1 fully saturated rings. The van der Waals surface area contributed by atoms with E-state index in [0.717, 1.165) is 41.0 Å². The maximum atomic E-state index is 13.2. The summed E-state index contributed by atoms with van der Waals surface area (Å²) in [5.74, 6) is 1.28. The van der Waals surface area contributed by atoms with E-state index in [1.807, 2.05) is 56.3 Å². The number of hydrogen-bond acceptors (Lipinski definition) is 6. The van der Waals surface area contributed by atoms with Gasteiger partial charge in [-0.15, -0.1) is 0 Å². The van der Waals surface area contributed by atoms with Gasteiger partial charge >= 0.3 is 0 Å². The maximum Gasteiger partial charge on any atom is 0.266 e. The van der Waals surface area contributed by atoms with Crippen molar-refractivity contribution in [2.24, 2.45) is 0 Å². The largest absolute Gasteiger partial charge is 0.492 e. The molecule has 1 saturated heterocycles. The van der Waals surface area contributed by atoms with E-state index in [0.29, 0.717) is 24.0 Å². The summed E-state index contributed by atoms with van der Waals surface area (Å²) in [6.45, 7) is 5.66. The summed E-state index contributed by atoms with van der Waals surface area (Å²) in [6.07, 6.45) is 1.98. The number of thiazole rings is 1. The zero-order valence-electron chi connectivity index (χ0n) is 17.3. The standard InChI is InChI=1S/C23H26N2O4S/c1-3-27-19-10-5-11-20-22(19)24-23(30-20)25(14-18-9-6-12-28-18)21(26)15-29-17-8-4-7-16(2)13-17/h4-5,7-8,10-11,13,18H,3,6,9,12,14-15H2,1-2H3. The van der Waals surface area contributed by atoms with Gasteiger partial charge in [0.1, 0.15) is 17.0 Å². The van der Waals surface area contributed by atoms with Gasteiger partial charge in [0.25, 0.3) is 5.91 Å². The van der Waals surface area contributed by atoms with Gasteiger partial charge in [0.15, 0.2) is 11.7 Å². The Morgan fingerprint density at radius 1 is 1.27 bits per heavy atom. The van der Waals surface area contributed by atoms with E-state index in [1.54, 1.807) is 4.90 Å². The zero-order chi connectivity index (χ0) is 20.9. The fourth-order valence-corrected chi connectivity index (χ4v) is 4.52. The number of aromatic nitrogens is 1. The molecule has 0 N–H and O–H groups in total. The Kier molecular flexibility index (Phi) is 6.50. The van der Waals surface area contributed by atoms with Crippen molar-refractivity contribution in [3.63, 3.8) is 0 Å². The third-order valence-electron chi connectivity index (χ3n) is 4.96. The Balaban J connectivity index is 1.58.